The summed E-state index contributed by atoms with van der Waals surface area (Å²) in [6.45, 7) is 0.618. The van der Waals surface area contributed by atoms with Crippen LogP contribution in [0.3, 0.4) is 0 Å². The molecular weight excluding hydrogens is 552 g/mol. The van der Waals surface area contributed by atoms with E-state index in [4.69, 9.17) is 19.4 Å². The number of nitrogens with one attached hydrogen (secondary N) is 1. The highest BCUT2D eigenvalue weighted by Crippen LogP contribution is 2.40. The maximum absolute atomic E-state index is 6.19. The summed E-state index contributed by atoms with van der Waals surface area (Å²) in [5.41, 5.74) is 6.98. The smallest absolute Gasteiger partial charge is 0.202 e. The molecule has 1 aliphatic rings. The van der Waals surface area contributed by atoms with Gasteiger partial charge in [0.2, 0.25) is 5.88 Å². The first-order valence-electron chi connectivity index (χ1n) is 15.1. The Morgan fingerprint density at radius 2 is 1.09 bits per heavy atom. The van der Waals surface area contributed by atoms with E-state index in [1.54, 1.807) is 0 Å². The second kappa shape index (κ2) is 10.3. The minimum atomic E-state index is 0.618. The monoisotopic (exact) mass is 578 g/mol. The molecule has 0 bridgehead atoms. The van der Waals surface area contributed by atoms with E-state index >= 15 is 0 Å². The molecule has 212 valence electrons. The second-order valence-corrected chi connectivity index (χ2v) is 11.3. The van der Waals surface area contributed by atoms with Crippen molar-refractivity contribution in [3.05, 3.63) is 151 Å². The number of aromatic nitrogens is 3. The highest BCUT2D eigenvalue weighted by atomic mass is 16.3. The standard InChI is InChI=1S/C40H26N4O/c1-2-8-25(9-3-1)29-17-14-27-16-19-31(24-32(27)23-29)38-42-37(30-18-15-26-10-4-5-11-28(26)22-30)43-39(44-38)34-20-21-41-40-36(34)33-12-6-7-13-35(33)45-40/h1-20,22-24,41H,21H2. The lowest BCUT2D eigenvalue weighted by Crippen LogP contribution is -2.10. The number of furan rings is 1. The van der Waals surface area contributed by atoms with Crippen LogP contribution in [0, 0.1) is 0 Å². The zero-order chi connectivity index (χ0) is 29.7. The Bertz CT molecular complexity index is 2440. The SMILES string of the molecule is C1=C(c2nc(-c3ccc4ccccc4c3)nc(-c3ccc4ccc(-c5ccccc5)cc4c3)n2)c2c(oc3ccccc23)NC1. The van der Waals surface area contributed by atoms with Crippen LogP contribution in [-0.2, 0) is 0 Å². The van der Waals surface area contributed by atoms with Crippen LogP contribution in [0.25, 0.3) is 72.0 Å². The average molecular weight is 579 g/mol. The van der Waals surface area contributed by atoms with Gasteiger partial charge in [-0.05, 0) is 56.9 Å². The number of anilines is 1. The molecule has 2 aromatic heterocycles. The van der Waals surface area contributed by atoms with E-state index in [2.05, 4.69) is 121 Å². The third kappa shape index (κ3) is 4.45. The summed E-state index contributed by atoms with van der Waals surface area (Å²) in [5.74, 6) is 2.62. The van der Waals surface area contributed by atoms with Gasteiger partial charge >= 0.3 is 0 Å². The Hall–Kier alpha value is -6.07. The van der Waals surface area contributed by atoms with E-state index in [1.165, 1.54) is 16.5 Å². The highest BCUT2D eigenvalue weighted by molar-refractivity contribution is 6.01. The first kappa shape index (κ1) is 25.4. The molecule has 1 aliphatic heterocycles. The van der Waals surface area contributed by atoms with Gasteiger partial charge in [0.15, 0.2) is 17.5 Å². The summed E-state index contributed by atoms with van der Waals surface area (Å²) in [4.78, 5) is 15.3. The van der Waals surface area contributed by atoms with Gasteiger partial charge in [0.1, 0.15) is 5.58 Å². The van der Waals surface area contributed by atoms with Gasteiger partial charge in [-0.1, -0.05) is 115 Å². The topological polar surface area (TPSA) is 63.8 Å². The molecule has 0 spiro atoms. The van der Waals surface area contributed by atoms with Crippen LogP contribution in [0.2, 0.25) is 0 Å². The van der Waals surface area contributed by atoms with Crippen LogP contribution in [0.5, 0.6) is 0 Å². The van der Waals surface area contributed by atoms with Crippen molar-refractivity contribution in [1.29, 1.82) is 0 Å². The van der Waals surface area contributed by atoms with Crippen LogP contribution < -0.4 is 5.32 Å². The second-order valence-electron chi connectivity index (χ2n) is 11.3. The van der Waals surface area contributed by atoms with Crippen LogP contribution in [-0.4, -0.2) is 21.5 Å². The van der Waals surface area contributed by atoms with Crippen molar-refractivity contribution in [3.8, 4) is 33.9 Å². The molecular formula is C40H26N4O. The summed E-state index contributed by atoms with van der Waals surface area (Å²) >= 11 is 0. The number of hydrogen-bond donors (Lipinski definition) is 1. The molecule has 6 aromatic carbocycles. The lowest BCUT2D eigenvalue weighted by atomic mass is 9.99. The maximum Gasteiger partial charge on any atom is 0.202 e. The maximum atomic E-state index is 6.19. The first-order valence-corrected chi connectivity index (χ1v) is 15.1. The van der Waals surface area contributed by atoms with Crippen LogP contribution in [0.1, 0.15) is 11.4 Å². The van der Waals surface area contributed by atoms with Crippen LogP contribution in [0.4, 0.5) is 5.88 Å². The molecule has 45 heavy (non-hydrogen) atoms. The zero-order valence-corrected chi connectivity index (χ0v) is 24.2. The van der Waals surface area contributed by atoms with E-state index in [1.807, 2.05) is 24.3 Å². The fourth-order valence-corrected chi connectivity index (χ4v) is 6.27. The molecule has 0 fully saturated rings. The number of fused-ring (bicyclic) bond motifs is 5. The normalized spacial score (nSPS) is 12.7. The van der Waals surface area contributed by atoms with Gasteiger partial charge in [-0.25, -0.2) is 15.0 Å². The number of benzene rings is 6. The van der Waals surface area contributed by atoms with Gasteiger partial charge < -0.3 is 9.73 Å². The molecule has 9 rings (SSSR count). The van der Waals surface area contributed by atoms with Crippen molar-refractivity contribution in [2.24, 2.45) is 0 Å². The van der Waals surface area contributed by atoms with Crippen molar-refractivity contribution < 1.29 is 4.42 Å². The molecule has 8 aromatic rings. The number of nitrogens with zero attached hydrogens (tertiary/aromatic N) is 3. The summed E-state index contributed by atoms with van der Waals surface area (Å²) in [7, 11) is 0. The molecule has 0 amide bonds. The molecule has 1 N–H and O–H groups in total. The largest absolute Gasteiger partial charge is 0.440 e. The first-order chi connectivity index (χ1) is 22.3. The molecule has 0 aliphatic carbocycles. The Morgan fingerprint density at radius 1 is 0.489 bits per heavy atom. The van der Waals surface area contributed by atoms with E-state index in [9.17, 15) is 0 Å². The third-order valence-corrected chi connectivity index (χ3v) is 8.52. The summed E-state index contributed by atoms with van der Waals surface area (Å²) in [6, 6.07) is 46.3. The number of para-hydroxylation sites is 1. The third-order valence-electron chi connectivity index (χ3n) is 8.52. The Morgan fingerprint density at radius 3 is 1.89 bits per heavy atom. The van der Waals surface area contributed by atoms with Crippen LogP contribution >= 0.6 is 0 Å². The predicted octanol–water partition coefficient (Wildman–Crippen LogP) is 9.78. The molecule has 0 saturated carbocycles. The van der Waals surface area contributed by atoms with E-state index in [-0.39, 0.29) is 0 Å². The molecule has 0 radical (unpaired) electrons. The summed E-state index contributed by atoms with van der Waals surface area (Å²) in [5, 5.41) is 9.03. The van der Waals surface area contributed by atoms with Gasteiger partial charge in [-0.3, -0.25) is 0 Å². The van der Waals surface area contributed by atoms with Gasteiger partial charge in [-0.15, -0.1) is 0 Å². The molecule has 5 nitrogen and oxygen atoms in total. The van der Waals surface area contributed by atoms with E-state index in [0.717, 1.165) is 55.3 Å². The van der Waals surface area contributed by atoms with Crippen molar-refractivity contribution in [2.75, 3.05) is 11.9 Å². The van der Waals surface area contributed by atoms with Gasteiger partial charge in [0.05, 0.1) is 5.56 Å². The highest BCUT2D eigenvalue weighted by Gasteiger charge is 2.25. The Kier molecular flexibility index (Phi) is 5.81. The lowest BCUT2D eigenvalue weighted by molar-refractivity contribution is 0.627. The van der Waals surface area contributed by atoms with Gasteiger partial charge in [-0.2, -0.15) is 0 Å². The summed E-state index contributed by atoms with van der Waals surface area (Å²) < 4.78 is 6.19. The lowest BCUT2D eigenvalue weighted by Gasteiger charge is -2.16. The van der Waals surface area contributed by atoms with Crippen molar-refractivity contribution in [2.45, 2.75) is 0 Å². The Labute approximate surface area is 259 Å². The molecule has 3 heterocycles. The fourth-order valence-electron chi connectivity index (χ4n) is 6.27. The van der Waals surface area contributed by atoms with Crippen molar-refractivity contribution >= 4 is 44.0 Å². The van der Waals surface area contributed by atoms with Gasteiger partial charge in [0, 0.05) is 28.6 Å². The molecule has 0 atom stereocenters. The minimum absolute atomic E-state index is 0.618. The quantitative estimate of drug-likeness (QED) is 0.225. The Balaban J connectivity index is 1.24. The van der Waals surface area contributed by atoms with Crippen molar-refractivity contribution in [1.82, 2.24) is 15.0 Å². The van der Waals surface area contributed by atoms with Crippen molar-refractivity contribution in [3.63, 3.8) is 0 Å². The molecule has 0 unspecified atom stereocenters. The van der Waals surface area contributed by atoms with Crippen LogP contribution in [0.15, 0.2) is 144 Å². The number of hydrogen-bond acceptors (Lipinski definition) is 5. The molecule has 5 heteroatoms. The predicted molar refractivity (Wildman–Crippen MR) is 183 cm³/mol. The van der Waals surface area contributed by atoms with E-state index in [0.29, 0.717) is 24.0 Å². The number of rotatable bonds is 4. The fraction of sp³-hybridized carbons (Fsp3) is 0.0250. The molecule has 0 saturated heterocycles. The average Bonchev–Trinajstić information content (AvgIpc) is 3.50. The minimum Gasteiger partial charge on any atom is -0.440 e. The zero-order valence-electron chi connectivity index (χ0n) is 24.2. The van der Waals surface area contributed by atoms with Gasteiger partial charge in [0.25, 0.3) is 0 Å². The van der Waals surface area contributed by atoms with E-state index < -0.39 is 0 Å². The summed E-state index contributed by atoms with van der Waals surface area (Å²) in [6.07, 6.45) is 2.14.